The van der Waals surface area contributed by atoms with E-state index in [-0.39, 0.29) is 22.8 Å². The molecule has 4 rings (SSSR count). The summed E-state index contributed by atoms with van der Waals surface area (Å²) >= 11 is 6.02. The third kappa shape index (κ3) is 5.41. The molecule has 0 fully saturated rings. The Kier molecular flexibility index (Phi) is 6.95. The maximum atomic E-state index is 13.4. The van der Waals surface area contributed by atoms with Crippen LogP contribution in [0, 0.1) is 0 Å². The van der Waals surface area contributed by atoms with Gasteiger partial charge in [0.2, 0.25) is 0 Å². The number of nitrogens with one attached hydrogen (secondary N) is 2. The van der Waals surface area contributed by atoms with E-state index in [0.29, 0.717) is 22.7 Å². The van der Waals surface area contributed by atoms with Crippen molar-refractivity contribution in [1.82, 2.24) is 9.29 Å². The van der Waals surface area contributed by atoms with E-state index in [4.69, 9.17) is 11.6 Å². The summed E-state index contributed by atoms with van der Waals surface area (Å²) in [5.41, 5.74) is -0.897. The number of anilines is 2. The van der Waals surface area contributed by atoms with Crippen molar-refractivity contribution in [1.29, 1.82) is 0 Å². The number of benzene rings is 3. The minimum Gasteiger partial charge on any atom is -0.354 e. The molecule has 0 atom stereocenters. The molecule has 0 aliphatic carbocycles. The van der Waals surface area contributed by atoms with Gasteiger partial charge in [-0.1, -0.05) is 23.7 Å². The van der Waals surface area contributed by atoms with Crippen LogP contribution in [0.2, 0.25) is 5.02 Å². The van der Waals surface area contributed by atoms with Crippen LogP contribution in [0.4, 0.5) is 37.7 Å². The number of hydrogen-bond donors (Lipinski definition) is 2. The predicted molar refractivity (Wildman–Crippen MR) is 128 cm³/mol. The quantitative estimate of drug-likeness (QED) is 0.248. The van der Waals surface area contributed by atoms with Gasteiger partial charge in [-0.2, -0.15) is 26.3 Å². The molecule has 0 unspecified atom stereocenters. The molecule has 0 saturated heterocycles. The smallest absolute Gasteiger partial charge is 0.354 e. The average molecular weight is 562 g/mol. The minimum absolute atomic E-state index is 0.142. The average Bonchev–Trinajstić information content (AvgIpc) is 3.18. The molecule has 0 radical (unpaired) electrons. The molecule has 1 aromatic heterocycles. The van der Waals surface area contributed by atoms with Gasteiger partial charge in [0, 0.05) is 23.8 Å². The van der Waals surface area contributed by atoms with Crippen LogP contribution < -0.4 is 10.6 Å². The largest absolute Gasteiger partial charge is 0.416 e. The van der Waals surface area contributed by atoms with Gasteiger partial charge in [-0.25, -0.2) is 12.4 Å². The van der Waals surface area contributed by atoms with E-state index in [0.717, 1.165) is 40.4 Å². The Labute approximate surface area is 212 Å². The fraction of sp³-hybridized carbons (Fsp3) is 0.167. The van der Waals surface area contributed by atoms with E-state index in [1.807, 2.05) is 0 Å². The van der Waals surface area contributed by atoms with Gasteiger partial charge in [0.1, 0.15) is 0 Å². The molecule has 0 saturated carbocycles. The highest BCUT2D eigenvalue weighted by Crippen LogP contribution is 2.36. The van der Waals surface area contributed by atoms with Crippen molar-refractivity contribution in [2.24, 2.45) is 0 Å². The first-order valence-electron chi connectivity index (χ1n) is 10.6. The zero-order valence-corrected chi connectivity index (χ0v) is 20.4. The second-order valence-corrected chi connectivity index (χ2v) is 10.3. The number of fused-ring (bicyclic) bond motifs is 1. The van der Waals surface area contributed by atoms with Crippen molar-refractivity contribution in [3.05, 3.63) is 88.6 Å². The zero-order chi connectivity index (χ0) is 27.2. The molecule has 196 valence electrons. The molecule has 37 heavy (non-hydrogen) atoms. The lowest BCUT2D eigenvalue weighted by molar-refractivity contribution is -0.138. The summed E-state index contributed by atoms with van der Waals surface area (Å²) in [5, 5.41) is 6.06. The lowest BCUT2D eigenvalue weighted by Crippen LogP contribution is -2.14. The van der Waals surface area contributed by atoms with Gasteiger partial charge < -0.3 is 10.6 Å². The van der Waals surface area contributed by atoms with E-state index >= 15 is 0 Å². The summed E-state index contributed by atoms with van der Waals surface area (Å²) in [7, 11) is -2.81. The van der Waals surface area contributed by atoms with Gasteiger partial charge in [-0.05, 0) is 61.1 Å². The Balaban J connectivity index is 1.81. The van der Waals surface area contributed by atoms with Crippen molar-refractivity contribution in [2.45, 2.75) is 23.8 Å². The minimum atomic E-state index is -4.74. The predicted octanol–water partition coefficient (Wildman–Crippen LogP) is 7.03. The topological polar surface area (TPSA) is 63.1 Å². The Bertz CT molecular complexity index is 1580. The molecular formula is C24H18ClF6N3O2S. The van der Waals surface area contributed by atoms with Crippen molar-refractivity contribution in [2.75, 3.05) is 12.4 Å². The Morgan fingerprint density at radius 1 is 0.892 bits per heavy atom. The molecule has 0 amide bonds. The number of nitrogens with zero attached hydrogens (tertiary/aromatic N) is 1. The molecule has 0 aliphatic heterocycles. The lowest BCUT2D eigenvalue weighted by Gasteiger charge is -2.13. The van der Waals surface area contributed by atoms with Gasteiger partial charge in [0.15, 0.2) is 0 Å². The fourth-order valence-corrected chi connectivity index (χ4v) is 5.43. The molecular weight excluding hydrogens is 544 g/mol. The Morgan fingerprint density at radius 2 is 1.57 bits per heavy atom. The summed E-state index contributed by atoms with van der Waals surface area (Å²) < 4.78 is 106. The Hall–Kier alpha value is -3.22. The van der Waals surface area contributed by atoms with E-state index in [2.05, 4.69) is 10.6 Å². The van der Waals surface area contributed by atoms with Crippen LogP contribution in [-0.4, -0.2) is 19.4 Å². The van der Waals surface area contributed by atoms with Crippen LogP contribution in [0.15, 0.2) is 71.8 Å². The van der Waals surface area contributed by atoms with Gasteiger partial charge in [-0.3, -0.25) is 0 Å². The molecule has 13 heteroatoms. The first-order valence-corrected chi connectivity index (χ1v) is 12.4. The second-order valence-electron chi connectivity index (χ2n) is 8.06. The SMILES string of the molecule is CNCc1cn(S(=O)(=O)c2cccc(C(F)(F)F)c2)c2cc(Nc3ccc(C(F)(F)F)cc3Cl)ccc12. The first-order chi connectivity index (χ1) is 17.2. The summed E-state index contributed by atoms with van der Waals surface area (Å²) in [6, 6.07) is 10.8. The number of hydrogen-bond acceptors (Lipinski definition) is 4. The first kappa shape index (κ1) is 26.8. The van der Waals surface area contributed by atoms with Crippen LogP contribution in [0.25, 0.3) is 10.9 Å². The second kappa shape index (κ2) is 9.58. The molecule has 1 heterocycles. The molecule has 0 aliphatic rings. The summed E-state index contributed by atoms with van der Waals surface area (Å²) in [6.45, 7) is 0.263. The number of halogens is 7. The lowest BCUT2D eigenvalue weighted by atomic mass is 10.1. The summed E-state index contributed by atoms with van der Waals surface area (Å²) in [5.74, 6) is 0. The molecule has 5 nitrogen and oxygen atoms in total. The van der Waals surface area contributed by atoms with E-state index in [9.17, 15) is 34.8 Å². The van der Waals surface area contributed by atoms with Crippen molar-refractivity contribution >= 4 is 43.9 Å². The third-order valence-corrected chi connectivity index (χ3v) is 7.50. The van der Waals surface area contributed by atoms with Crippen LogP contribution in [0.1, 0.15) is 16.7 Å². The highest BCUT2D eigenvalue weighted by atomic mass is 35.5. The molecule has 2 N–H and O–H groups in total. The normalized spacial score (nSPS) is 12.8. The van der Waals surface area contributed by atoms with Gasteiger partial charge in [-0.15, -0.1) is 0 Å². The van der Waals surface area contributed by atoms with Crippen LogP contribution in [0.3, 0.4) is 0 Å². The molecule has 3 aromatic carbocycles. The highest BCUT2D eigenvalue weighted by Gasteiger charge is 2.33. The third-order valence-electron chi connectivity index (χ3n) is 5.52. The van der Waals surface area contributed by atoms with E-state index in [1.165, 1.54) is 12.3 Å². The maximum absolute atomic E-state index is 13.4. The van der Waals surface area contributed by atoms with Gasteiger partial charge in [0.25, 0.3) is 10.0 Å². The molecule has 4 aromatic rings. The number of alkyl halides is 6. The standard InChI is InChI=1S/C24H18ClF6N3O2S/c1-32-12-14-13-34(37(35,36)18-4-2-3-15(9-18)23(26,27)28)22-11-17(6-7-19(14)22)33-21-8-5-16(10-20(21)25)24(29,30)31/h2-11,13,32-33H,12H2,1H3. The van der Waals surface area contributed by atoms with E-state index < -0.39 is 38.4 Å². The fourth-order valence-electron chi connectivity index (χ4n) is 3.77. The monoisotopic (exact) mass is 561 g/mol. The van der Waals surface area contributed by atoms with Crippen molar-refractivity contribution in [3.8, 4) is 0 Å². The van der Waals surface area contributed by atoms with E-state index in [1.54, 1.807) is 19.2 Å². The Morgan fingerprint density at radius 3 is 2.19 bits per heavy atom. The maximum Gasteiger partial charge on any atom is 0.416 e. The van der Waals surface area contributed by atoms with Gasteiger partial charge in [0.05, 0.1) is 32.2 Å². The van der Waals surface area contributed by atoms with Crippen LogP contribution in [0.5, 0.6) is 0 Å². The van der Waals surface area contributed by atoms with Crippen LogP contribution in [-0.2, 0) is 28.9 Å². The van der Waals surface area contributed by atoms with Crippen molar-refractivity contribution in [3.63, 3.8) is 0 Å². The highest BCUT2D eigenvalue weighted by molar-refractivity contribution is 7.90. The summed E-state index contributed by atoms with van der Waals surface area (Å²) in [6.07, 6.45) is -8.01. The number of aromatic nitrogens is 1. The van der Waals surface area contributed by atoms with Crippen molar-refractivity contribution < 1.29 is 34.8 Å². The number of rotatable bonds is 6. The summed E-state index contributed by atoms with van der Waals surface area (Å²) in [4.78, 5) is -0.556. The molecule has 0 spiro atoms. The zero-order valence-electron chi connectivity index (χ0n) is 18.9. The molecule has 0 bridgehead atoms. The van der Waals surface area contributed by atoms with Gasteiger partial charge >= 0.3 is 12.4 Å². The van der Waals surface area contributed by atoms with Crippen LogP contribution >= 0.6 is 11.6 Å².